The molecule has 146 valence electrons. The fourth-order valence-corrected chi connectivity index (χ4v) is 3.20. The third-order valence-corrected chi connectivity index (χ3v) is 4.97. The molecule has 2 amide bonds. The van der Waals surface area contributed by atoms with E-state index in [0.717, 1.165) is 12.0 Å². The van der Waals surface area contributed by atoms with E-state index in [-0.39, 0.29) is 25.6 Å². The van der Waals surface area contributed by atoms with E-state index in [1.165, 1.54) is 18.7 Å². The highest BCUT2D eigenvalue weighted by Crippen LogP contribution is 2.44. The summed E-state index contributed by atoms with van der Waals surface area (Å²) in [6.07, 6.45) is -1.94. The molecule has 0 saturated carbocycles. The van der Waals surface area contributed by atoms with Crippen LogP contribution in [0.3, 0.4) is 0 Å². The molecular formula is C18H26F3N3O2. The van der Waals surface area contributed by atoms with Crippen LogP contribution in [0.1, 0.15) is 46.1 Å². The standard InChI is InChI=1S/C18H26F3N3O2/c1-5-12(2)26-15-10-13(6-8-22-15)11-23-16(25)24-9-7-14(17(24,3)4)18(19,20)21/h6,8,10,12,14H,5,7,9,11H2,1-4H3,(H,23,25). The van der Waals surface area contributed by atoms with Gasteiger partial charge in [0.25, 0.3) is 0 Å². The molecular weight excluding hydrogens is 347 g/mol. The second kappa shape index (κ2) is 7.72. The Kier molecular flexibility index (Phi) is 6.03. The highest BCUT2D eigenvalue weighted by atomic mass is 19.4. The highest BCUT2D eigenvalue weighted by Gasteiger charge is 2.56. The van der Waals surface area contributed by atoms with Crippen molar-refractivity contribution < 1.29 is 22.7 Å². The summed E-state index contributed by atoms with van der Waals surface area (Å²) in [5.41, 5.74) is -0.498. The number of amides is 2. The molecule has 1 aromatic heterocycles. The topological polar surface area (TPSA) is 54.5 Å². The van der Waals surface area contributed by atoms with E-state index < -0.39 is 23.7 Å². The Morgan fingerprint density at radius 1 is 1.50 bits per heavy atom. The molecule has 1 aromatic rings. The van der Waals surface area contributed by atoms with Crippen LogP contribution in [0.25, 0.3) is 0 Å². The average molecular weight is 373 g/mol. The first-order valence-corrected chi connectivity index (χ1v) is 8.79. The van der Waals surface area contributed by atoms with Crippen LogP contribution in [-0.2, 0) is 6.54 Å². The number of hydrogen-bond acceptors (Lipinski definition) is 3. The maximum absolute atomic E-state index is 13.1. The van der Waals surface area contributed by atoms with E-state index in [0.29, 0.717) is 5.88 Å². The monoisotopic (exact) mass is 373 g/mol. The molecule has 1 fully saturated rings. The molecule has 0 aliphatic carbocycles. The quantitative estimate of drug-likeness (QED) is 0.844. The summed E-state index contributed by atoms with van der Waals surface area (Å²) in [5, 5.41) is 2.70. The van der Waals surface area contributed by atoms with Gasteiger partial charge in [-0.1, -0.05) is 6.92 Å². The van der Waals surface area contributed by atoms with Crippen molar-refractivity contribution in [3.8, 4) is 5.88 Å². The number of aromatic nitrogens is 1. The van der Waals surface area contributed by atoms with Crippen molar-refractivity contribution in [1.82, 2.24) is 15.2 Å². The highest BCUT2D eigenvalue weighted by molar-refractivity contribution is 5.75. The number of likely N-dealkylation sites (tertiary alicyclic amines) is 1. The number of alkyl halides is 3. The van der Waals surface area contributed by atoms with Crippen molar-refractivity contribution in [3.05, 3.63) is 23.9 Å². The average Bonchev–Trinajstić information content (AvgIpc) is 2.88. The summed E-state index contributed by atoms with van der Waals surface area (Å²) >= 11 is 0. The van der Waals surface area contributed by atoms with Gasteiger partial charge in [-0.3, -0.25) is 0 Å². The Bertz CT molecular complexity index is 634. The van der Waals surface area contributed by atoms with Gasteiger partial charge in [0.1, 0.15) is 0 Å². The van der Waals surface area contributed by atoms with Gasteiger partial charge in [-0.05, 0) is 45.2 Å². The molecule has 1 aliphatic heterocycles. The first-order chi connectivity index (χ1) is 12.1. The SMILES string of the molecule is CCC(C)Oc1cc(CNC(=O)N2CCC(C(F)(F)F)C2(C)C)ccn1. The van der Waals surface area contributed by atoms with Crippen LogP contribution in [-0.4, -0.2) is 40.3 Å². The number of halogens is 3. The number of carbonyl (C=O) groups is 1. The fourth-order valence-electron chi connectivity index (χ4n) is 3.20. The van der Waals surface area contributed by atoms with E-state index in [9.17, 15) is 18.0 Å². The summed E-state index contributed by atoms with van der Waals surface area (Å²) < 4.78 is 45.1. The fraction of sp³-hybridized carbons (Fsp3) is 0.667. The third-order valence-electron chi connectivity index (χ3n) is 4.97. The summed E-state index contributed by atoms with van der Waals surface area (Å²) in [7, 11) is 0. The lowest BCUT2D eigenvalue weighted by Crippen LogP contribution is -2.52. The number of ether oxygens (including phenoxy) is 1. The van der Waals surface area contributed by atoms with E-state index in [4.69, 9.17) is 4.74 Å². The minimum atomic E-state index is -4.31. The van der Waals surface area contributed by atoms with Crippen molar-refractivity contribution in [2.45, 2.75) is 64.9 Å². The van der Waals surface area contributed by atoms with Gasteiger partial charge in [0.2, 0.25) is 5.88 Å². The number of nitrogens with one attached hydrogen (secondary N) is 1. The molecule has 0 aromatic carbocycles. The van der Waals surface area contributed by atoms with Gasteiger partial charge >= 0.3 is 12.2 Å². The molecule has 0 spiro atoms. The number of carbonyl (C=O) groups excluding carboxylic acids is 1. The van der Waals surface area contributed by atoms with Gasteiger partial charge in [0.15, 0.2) is 0 Å². The van der Waals surface area contributed by atoms with Crippen LogP contribution in [0.5, 0.6) is 5.88 Å². The molecule has 0 bridgehead atoms. The first-order valence-electron chi connectivity index (χ1n) is 8.79. The van der Waals surface area contributed by atoms with Crippen molar-refractivity contribution >= 4 is 6.03 Å². The van der Waals surface area contributed by atoms with Crippen molar-refractivity contribution in [2.24, 2.45) is 5.92 Å². The van der Waals surface area contributed by atoms with Gasteiger partial charge in [-0.2, -0.15) is 13.2 Å². The molecule has 26 heavy (non-hydrogen) atoms. The molecule has 1 aliphatic rings. The van der Waals surface area contributed by atoms with Crippen LogP contribution in [0.4, 0.5) is 18.0 Å². The van der Waals surface area contributed by atoms with Crippen LogP contribution < -0.4 is 10.1 Å². The Morgan fingerprint density at radius 3 is 2.77 bits per heavy atom. The van der Waals surface area contributed by atoms with E-state index in [2.05, 4.69) is 10.3 Å². The molecule has 2 unspecified atom stereocenters. The van der Waals surface area contributed by atoms with Crippen molar-refractivity contribution in [3.63, 3.8) is 0 Å². The molecule has 2 atom stereocenters. The lowest BCUT2D eigenvalue weighted by molar-refractivity contribution is -0.189. The number of urea groups is 1. The van der Waals surface area contributed by atoms with E-state index >= 15 is 0 Å². The number of hydrogen-bond donors (Lipinski definition) is 1. The predicted octanol–water partition coefficient (Wildman–Crippen LogP) is 4.13. The maximum atomic E-state index is 13.1. The smallest absolute Gasteiger partial charge is 0.394 e. The van der Waals surface area contributed by atoms with Crippen molar-refractivity contribution in [2.75, 3.05) is 6.54 Å². The Morgan fingerprint density at radius 2 is 2.19 bits per heavy atom. The second-order valence-electron chi connectivity index (χ2n) is 7.19. The van der Waals surface area contributed by atoms with Crippen molar-refractivity contribution in [1.29, 1.82) is 0 Å². The first kappa shape index (κ1) is 20.3. The Labute approximate surface area is 151 Å². The lowest BCUT2D eigenvalue weighted by Gasteiger charge is -2.36. The zero-order valence-electron chi connectivity index (χ0n) is 15.6. The maximum Gasteiger partial charge on any atom is 0.394 e. The molecule has 2 rings (SSSR count). The minimum absolute atomic E-state index is 0.0250. The van der Waals surface area contributed by atoms with Gasteiger partial charge in [0, 0.05) is 25.4 Å². The van der Waals surface area contributed by atoms with E-state index in [1.54, 1.807) is 18.3 Å². The molecule has 8 heteroatoms. The molecule has 5 nitrogen and oxygen atoms in total. The van der Waals surface area contributed by atoms with Gasteiger partial charge in [-0.25, -0.2) is 9.78 Å². The number of pyridine rings is 1. The van der Waals surface area contributed by atoms with Crippen LogP contribution in [0.2, 0.25) is 0 Å². The summed E-state index contributed by atoms with van der Waals surface area (Å²) in [4.78, 5) is 17.8. The van der Waals surface area contributed by atoms with E-state index in [1.807, 2.05) is 13.8 Å². The third kappa shape index (κ3) is 4.59. The minimum Gasteiger partial charge on any atom is -0.475 e. The Balaban J connectivity index is 1.98. The van der Waals surface area contributed by atoms with Gasteiger partial charge < -0.3 is 15.0 Å². The molecule has 0 radical (unpaired) electrons. The molecule has 1 saturated heterocycles. The van der Waals surface area contributed by atoms with Crippen LogP contribution >= 0.6 is 0 Å². The lowest BCUT2D eigenvalue weighted by atomic mass is 9.88. The number of rotatable bonds is 5. The molecule has 1 N–H and O–H groups in total. The van der Waals surface area contributed by atoms with Gasteiger partial charge in [-0.15, -0.1) is 0 Å². The molecule has 2 heterocycles. The number of nitrogens with zero attached hydrogens (tertiary/aromatic N) is 2. The van der Waals surface area contributed by atoms with Gasteiger partial charge in [0.05, 0.1) is 17.6 Å². The summed E-state index contributed by atoms with van der Waals surface area (Å²) in [5.74, 6) is -1.05. The predicted molar refractivity (Wildman–Crippen MR) is 91.8 cm³/mol. The summed E-state index contributed by atoms with van der Waals surface area (Å²) in [6.45, 7) is 7.14. The van der Waals surface area contributed by atoms with Crippen LogP contribution in [0, 0.1) is 5.92 Å². The second-order valence-corrected chi connectivity index (χ2v) is 7.19. The zero-order chi connectivity index (χ0) is 19.5. The van der Waals surface area contributed by atoms with Crippen LogP contribution in [0.15, 0.2) is 18.3 Å². The normalized spacial score (nSPS) is 20.7. The summed E-state index contributed by atoms with van der Waals surface area (Å²) in [6, 6.07) is 2.96. The largest absolute Gasteiger partial charge is 0.475 e. The Hall–Kier alpha value is -1.99. The zero-order valence-corrected chi connectivity index (χ0v) is 15.6.